The maximum Gasteiger partial charge on any atom is 0.306 e. The van der Waals surface area contributed by atoms with Crippen LogP contribution in [0.5, 0.6) is 0 Å². The van der Waals surface area contributed by atoms with Gasteiger partial charge in [-0.05, 0) is 49.7 Å². The van der Waals surface area contributed by atoms with Crippen LogP contribution in [0.4, 0.5) is 0 Å². The molecular formula is C25H33ClO6. The van der Waals surface area contributed by atoms with Crippen molar-refractivity contribution in [2.24, 2.45) is 28.6 Å². The van der Waals surface area contributed by atoms with Gasteiger partial charge < -0.3 is 14.9 Å². The van der Waals surface area contributed by atoms with Gasteiger partial charge in [-0.3, -0.25) is 14.4 Å². The van der Waals surface area contributed by atoms with Gasteiger partial charge in [0.1, 0.15) is 6.61 Å². The van der Waals surface area contributed by atoms with Gasteiger partial charge in [0.05, 0.1) is 11.0 Å². The topological polar surface area (TPSA) is 101 Å². The average Bonchev–Trinajstić information content (AvgIpc) is 2.96. The zero-order valence-corrected chi connectivity index (χ0v) is 19.9. The second-order valence-electron chi connectivity index (χ2n) is 10.5. The van der Waals surface area contributed by atoms with Gasteiger partial charge in [-0.1, -0.05) is 39.3 Å². The Morgan fingerprint density at radius 3 is 2.59 bits per heavy atom. The summed E-state index contributed by atoms with van der Waals surface area (Å²) in [6.45, 7) is 6.72. The fourth-order valence-electron chi connectivity index (χ4n) is 7.77. The molecule has 4 rings (SSSR count). The molecular weight excluding hydrogens is 432 g/mol. The highest BCUT2D eigenvalue weighted by atomic mass is 35.5. The molecule has 32 heavy (non-hydrogen) atoms. The molecule has 6 nitrogen and oxygen atoms in total. The van der Waals surface area contributed by atoms with Crippen LogP contribution < -0.4 is 0 Å². The number of carbonyl (C=O) groups is 3. The van der Waals surface area contributed by atoms with E-state index in [1.807, 2.05) is 26.8 Å². The number of ether oxygens (including phenoxy) is 1. The molecule has 0 aromatic heterocycles. The minimum atomic E-state index is -1.51. The van der Waals surface area contributed by atoms with Gasteiger partial charge in [-0.25, -0.2) is 0 Å². The number of aliphatic hydroxyl groups excluding tert-OH is 2. The standard InChI is InChI=1S/C25H33ClO6/c1-5-21(31)32-25(20(30)13-27)14(2)10-18-17-7-6-15-11-16(28)8-9-22(15,3)24(17,26)19(29)12-23(18,25)4/h8-9,11,14,17-19,27,29H,5-7,10,12-13H2,1-4H3/t14?,17-,18-,19?,22-,23-,24-,25-/m0/s1. The lowest BCUT2D eigenvalue weighted by molar-refractivity contribution is -0.202. The van der Waals surface area contributed by atoms with Crippen LogP contribution in [0.2, 0.25) is 0 Å². The van der Waals surface area contributed by atoms with E-state index in [2.05, 4.69) is 0 Å². The number of hydrogen-bond donors (Lipinski definition) is 2. The number of rotatable bonds is 4. The Kier molecular flexibility index (Phi) is 5.55. The Hall–Kier alpha value is -1.50. The zero-order chi connectivity index (χ0) is 23.7. The third kappa shape index (κ3) is 2.69. The number of fused-ring (bicyclic) bond motifs is 5. The molecule has 0 bridgehead atoms. The lowest BCUT2D eigenvalue weighted by Crippen LogP contribution is -2.69. The van der Waals surface area contributed by atoms with Gasteiger partial charge in [0.25, 0.3) is 0 Å². The largest absolute Gasteiger partial charge is 0.450 e. The van der Waals surface area contributed by atoms with Crippen LogP contribution in [0.3, 0.4) is 0 Å². The Morgan fingerprint density at radius 2 is 1.97 bits per heavy atom. The van der Waals surface area contributed by atoms with Crippen LogP contribution in [-0.4, -0.2) is 50.9 Å². The number of halogens is 1. The summed E-state index contributed by atoms with van der Waals surface area (Å²) in [6.07, 6.45) is 6.21. The van der Waals surface area contributed by atoms with Crippen molar-refractivity contribution in [2.75, 3.05) is 6.61 Å². The van der Waals surface area contributed by atoms with E-state index in [1.165, 1.54) is 6.08 Å². The van der Waals surface area contributed by atoms with Crippen LogP contribution in [0.1, 0.15) is 59.8 Å². The monoisotopic (exact) mass is 464 g/mol. The minimum absolute atomic E-state index is 0.0696. The molecule has 3 saturated carbocycles. The summed E-state index contributed by atoms with van der Waals surface area (Å²) in [6, 6.07) is 0. The minimum Gasteiger partial charge on any atom is -0.450 e. The second-order valence-corrected chi connectivity index (χ2v) is 11.2. The smallest absolute Gasteiger partial charge is 0.306 e. The number of esters is 1. The number of carbonyl (C=O) groups excluding carboxylic acids is 3. The van der Waals surface area contributed by atoms with E-state index in [-0.39, 0.29) is 36.4 Å². The average molecular weight is 465 g/mol. The summed E-state index contributed by atoms with van der Waals surface area (Å²) < 4.78 is 5.92. The molecule has 4 aliphatic carbocycles. The molecule has 0 aliphatic heterocycles. The molecule has 3 fully saturated rings. The number of hydrogen-bond acceptors (Lipinski definition) is 6. The number of Topliss-reactive ketones (excluding diaryl/α,β-unsaturated/α-hetero) is 1. The molecule has 176 valence electrons. The summed E-state index contributed by atoms with van der Waals surface area (Å²) >= 11 is 7.41. The normalized spacial score (nSPS) is 47.2. The van der Waals surface area contributed by atoms with Crippen LogP contribution in [0.15, 0.2) is 23.8 Å². The molecule has 0 spiro atoms. The van der Waals surface area contributed by atoms with E-state index < -0.39 is 45.8 Å². The lowest BCUT2D eigenvalue weighted by atomic mass is 9.45. The Labute approximate surface area is 194 Å². The van der Waals surface area contributed by atoms with Crippen LogP contribution >= 0.6 is 11.6 Å². The van der Waals surface area contributed by atoms with Crippen molar-refractivity contribution in [3.8, 4) is 0 Å². The molecule has 0 radical (unpaired) electrons. The fourth-order valence-corrected chi connectivity index (χ4v) is 8.29. The lowest BCUT2D eigenvalue weighted by Gasteiger charge is -2.64. The SMILES string of the molecule is CCC(=O)O[C@]1(C(=O)CO)C(C)C[C@H]2[C@@H]3CCC4=CC(=O)C=C[C@]4(C)[C@@]3(Cl)C(O)C[C@@]21C. The highest BCUT2D eigenvalue weighted by Gasteiger charge is 2.76. The van der Waals surface area contributed by atoms with E-state index >= 15 is 0 Å². The van der Waals surface area contributed by atoms with Gasteiger partial charge in [0, 0.05) is 23.2 Å². The van der Waals surface area contributed by atoms with Crippen molar-refractivity contribution in [1.82, 2.24) is 0 Å². The summed E-state index contributed by atoms with van der Waals surface area (Å²) in [7, 11) is 0. The number of alkyl halides is 1. The molecule has 0 aromatic carbocycles. The molecule has 0 aromatic rings. The first-order valence-corrected chi connectivity index (χ1v) is 12.0. The molecule has 4 aliphatic rings. The maximum absolute atomic E-state index is 13.2. The van der Waals surface area contributed by atoms with Gasteiger partial charge in [-0.15, -0.1) is 11.6 Å². The molecule has 0 heterocycles. The summed E-state index contributed by atoms with van der Waals surface area (Å²) in [5.74, 6) is -1.66. The molecule has 7 heteroatoms. The molecule has 0 saturated heterocycles. The first-order valence-electron chi connectivity index (χ1n) is 11.6. The van der Waals surface area contributed by atoms with Crippen molar-refractivity contribution in [1.29, 1.82) is 0 Å². The Balaban J connectivity index is 1.85. The van der Waals surface area contributed by atoms with E-state index in [1.54, 1.807) is 13.0 Å². The fraction of sp³-hybridized carbons (Fsp3) is 0.720. The highest BCUT2D eigenvalue weighted by Crippen LogP contribution is 2.72. The van der Waals surface area contributed by atoms with Crippen molar-refractivity contribution in [3.63, 3.8) is 0 Å². The number of allylic oxidation sites excluding steroid dienone is 4. The van der Waals surface area contributed by atoms with Crippen molar-refractivity contribution >= 4 is 29.1 Å². The predicted molar refractivity (Wildman–Crippen MR) is 119 cm³/mol. The first kappa shape index (κ1) is 23.7. The van der Waals surface area contributed by atoms with E-state index in [4.69, 9.17) is 16.3 Å². The summed E-state index contributed by atoms with van der Waals surface area (Å²) in [4.78, 5) is 36.7. The Bertz CT molecular complexity index is 925. The van der Waals surface area contributed by atoms with Crippen LogP contribution in [0.25, 0.3) is 0 Å². The molecule has 2 N–H and O–H groups in total. The van der Waals surface area contributed by atoms with Crippen molar-refractivity contribution in [3.05, 3.63) is 23.8 Å². The third-order valence-electron chi connectivity index (χ3n) is 9.30. The Morgan fingerprint density at radius 1 is 1.28 bits per heavy atom. The molecule has 2 unspecified atom stereocenters. The summed E-state index contributed by atoms with van der Waals surface area (Å²) in [5, 5.41) is 21.5. The van der Waals surface area contributed by atoms with Gasteiger partial charge in [0.2, 0.25) is 5.78 Å². The highest BCUT2D eigenvalue weighted by molar-refractivity contribution is 6.26. The quantitative estimate of drug-likeness (QED) is 0.489. The van der Waals surface area contributed by atoms with Crippen molar-refractivity contribution in [2.45, 2.75) is 76.4 Å². The van der Waals surface area contributed by atoms with E-state index in [0.717, 1.165) is 5.57 Å². The van der Waals surface area contributed by atoms with Crippen molar-refractivity contribution < 1.29 is 29.3 Å². The van der Waals surface area contributed by atoms with E-state index in [0.29, 0.717) is 19.3 Å². The number of ketones is 2. The van der Waals surface area contributed by atoms with Gasteiger partial charge >= 0.3 is 5.97 Å². The van der Waals surface area contributed by atoms with E-state index in [9.17, 15) is 24.6 Å². The second kappa shape index (κ2) is 7.51. The van der Waals surface area contributed by atoms with Gasteiger partial charge in [-0.2, -0.15) is 0 Å². The molecule has 0 amide bonds. The maximum atomic E-state index is 13.2. The molecule has 8 atom stereocenters. The zero-order valence-electron chi connectivity index (χ0n) is 19.2. The first-order chi connectivity index (χ1) is 14.9. The number of aliphatic hydroxyl groups is 2. The third-order valence-corrected chi connectivity index (χ3v) is 10.2. The summed E-state index contributed by atoms with van der Waals surface area (Å²) in [5.41, 5.74) is -2.14. The van der Waals surface area contributed by atoms with Crippen LogP contribution in [0, 0.1) is 28.6 Å². The van der Waals surface area contributed by atoms with Crippen LogP contribution in [-0.2, 0) is 19.1 Å². The predicted octanol–water partition coefficient (Wildman–Crippen LogP) is 3.13. The van der Waals surface area contributed by atoms with Gasteiger partial charge in [0.15, 0.2) is 11.4 Å².